The van der Waals surface area contributed by atoms with Gasteiger partial charge in [-0.25, -0.2) is 0 Å². The van der Waals surface area contributed by atoms with Crippen LogP contribution in [0.1, 0.15) is 52.7 Å². The summed E-state index contributed by atoms with van der Waals surface area (Å²) in [6.45, 7) is 14.0. The van der Waals surface area contributed by atoms with E-state index in [2.05, 4.69) is 195 Å². The molecule has 4 heterocycles. The predicted octanol–water partition coefficient (Wildman–Crippen LogP) is 14.1. The molecule has 0 aliphatic rings. The molecule has 0 saturated heterocycles. The Morgan fingerprint density at radius 3 is 1.51 bits per heavy atom. The summed E-state index contributed by atoms with van der Waals surface area (Å²) < 4.78 is 5.10. The zero-order chi connectivity index (χ0) is 36.0. The molecule has 0 atom stereocenters. The molecule has 0 aliphatic carbocycles. The number of rotatable bonds is 3. The average molecular weight is 684 g/mol. The summed E-state index contributed by atoms with van der Waals surface area (Å²) in [4.78, 5) is 2.41. The fraction of sp³-hybridized carbons (Fsp3) is 0.160. The molecule has 11 aromatic rings. The molecule has 0 fully saturated rings. The van der Waals surface area contributed by atoms with Crippen LogP contribution < -0.4 is 4.90 Å². The topological polar surface area (TPSA) is 12.1 Å². The number of fused-ring (bicyclic) bond motifs is 12. The highest BCUT2D eigenvalue weighted by Gasteiger charge is 2.27. The molecular formula is C50H41N3. The Morgan fingerprint density at radius 1 is 0.377 bits per heavy atom. The first-order valence-corrected chi connectivity index (χ1v) is 18.9. The Morgan fingerprint density at radius 2 is 0.887 bits per heavy atom. The molecule has 0 spiro atoms. The van der Waals surface area contributed by atoms with Gasteiger partial charge in [0.05, 0.1) is 38.8 Å². The van der Waals surface area contributed by atoms with Gasteiger partial charge in [-0.05, 0) is 94.8 Å². The molecule has 0 aliphatic heterocycles. The van der Waals surface area contributed by atoms with Crippen molar-refractivity contribution in [2.45, 2.75) is 52.4 Å². The van der Waals surface area contributed by atoms with Crippen molar-refractivity contribution in [1.29, 1.82) is 0 Å². The lowest BCUT2D eigenvalue weighted by Crippen LogP contribution is -2.11. The van der Waals surface area contributed by atoms with Crippen LogP contribution in [0.2, 0.25) is 0 Å². The summed E-state index contributed by atoms with van der Waals surface area (Å²) >= 11 is 0. The summed E-state index contributed by atoms with van der Waals surface area (Å²) in [6.07, 6.45) is 0. The second-order valence-electron chi connectivity index (χ2n) is 17.1. The van der Waals surface area contributed by atoms with Crippen molar-refractivity contribution in [3.8, 4) is 0 Å². The van der Waals surface area contributed by atoms with Crippen LogP contribution in [-0.2, 0) is 10.8 Å². The molecule has 0 N–H and O–H groups in total. The Hall–Kier alpha value is -6.06. The van der Waals surface area contributed by atoms with Crippen molar-refractivity contribution in [2.75, 3.05) is 4.90 Å². The van der Waals surface area contributed by atoms with Gasteiger partial charge in [-0.15, -0.1) is 0 Å². The molecule has 3 heteroatoms. The Balaban J connectivity index is 1.30. The first-order chi connectivity index (χ1) is 25.6. The van der Waals surface area contributed by atoms with E-state index in [1.54, 1.807) is 0 Å². The second-order valence-corrected chi connectivity index (χ2v) is 17.1. The number of para-hydroxylation sites is 3. The van der Waals surface area contributed by atoms with E-state index in [-0.39, 0.29) is 10.8 Å². The van der Waals surface area contributed by atoms with E-state index >= 15 is 0 Å². The fourth-order valence-corrected chi connectivity index (χ4v) is 9.20. The minimum absolute atomic E-state index is 0.0129. The third kappa shape index (κ3) is 4.11. The van der Waals surface area contributed by atoms with Crippen LogP contribution in [-0.4, -0.2) is 8.80 Å². The monoisotopic (exact) mass is 683 g/mol. The van der Waals surface area contributed by atoms with E-state index in [9.17, 15) is 0 Å². The number of benzene rings is 7. The van der Waals surface area contributed by atoms with Crippen LogP contribution in [0.5, 0.6) is 0 Å². The summed E-state index contributed by atoms with van der Waals surface area (Å²) in [6, 6.07) is 52.3. The van der Waals surface area contributed by atoms with Gasteiger partial charge < -0.3 is 13.7 Å². The van der Waals surface area contributed by atoms with Gasteiger partial charge in [0.1, 0.15) is 0 Å². The quantitative estimate of drug-likeness (QED) is 0.180. The van der Waals surface area contributed by atoms with Gasteiger partial charge in [0.25, 0.3) is 0 Å². The highest BCUT2D eigenvalue weighted by molar-refractivity contribution is 6.31. The molecule has 0 bridgehead atoms. The minimum atomic E-state index is 0.0129. The Labute approximate surface area is 309 Å². The third-order valence-corrected chi connectivity index (χ3v) is 11.8. The standard InChI is InChI=1S/C50H41N3/c1-49(2,3)30-21-23-42-36(25-30)39-26-31(50(4,5)6)27-40-38-29-44-37(28-45(38)52(42)47(39)40)34-22-24-43(46-35-19-13-14-20-41(35)53(44)48(34)46)51(32-15-9-7-10-16-32)33-17-11-8-12-18-33/h7-29H,1-6H3. The zero-order valence-electron chi connectivity index (χ0n) is 31.1. The molecule has 0 saturated carbocycles. The van der Waals surface area contributed by atoms with E-state index < -0.39 is 0 Å². The van der Waals surface area contributed by atoms with E-state index in [0.29, 0.717) is 0 Å². The van der Waals surface area contributed by atoms with Crippen LogP contribution in [0.4, 0.5) is 17.1 Å². The van der Waals surface area contributed by atoms with Crippen molar-refractivity contribution in [3.05, 3.63) is 151 Å². The number of nitrogens with zero attached hydrogens (tertiary/aromatic N) is 3. The van der Waals surface area contributed by atoms with Gasteiger partial charge in [-0.3, -0.25) is 0 Å². The number of aromatic nitrogens is 2. The van der Waals surface area contributed by atoms with Gasteiger partial charge in [-0.2, -0.15) is 0 Å². The number of hydrogen-bond acceptors (Lipinski definition) is 1. The first-order valence-electron chi connectivity index (χ1n) is 18.9. The van der Waals surface area contributed by atoms with Crippen LogP contribution in [0, 0.1) is 0 Å². The van der Waals surface area contributed by atoms with E-state index in [1.807, 2.05) is 0 Å². The average Bonchev–Trinajstić information content (AvgIpc) is 3.87. The normalized spacial score (nSPS) is 13.1. The summed E-state index contributed by atoms with van der Waals surface area (Å²) in [7, 11) is 0. The molecule has 0 unspecified atom stereocenters. The van der Waals surface area contributed by atoms with Crippen molar-refractivity contribution in [2.24, 2.45) is 0 Å². The van der Waals surface area contributed by atoms with Crippen molar-refractivity contribution >= 4 is 93.3 Å². The summed E-state index contributed by atoms with van der Waals surface area (Å²) in [5, 5.41) is 10.5. The Bertz CT molecular complexity index is 3180. The van der Waals surface area contributed by atoms with Gasteiger partial charge in [0, 0.05) is 54.5 Å². The maximum atomic E-state index is 2.55. The minimum Gasteiger partial charge on any atom is -0.310 e. The van der Waals surface area contributed by atoms with Crippen LogP contribution in [0.3, 0.4) is 0 Å². The molecular weight excluding hydrogens is 643 g/mol. The highest BCUT2D eigenvalue weighted by Crippen LogP contribution is 2.49. The van der Waals surface area contributed by atoms with Gasteiger partial charge in [0.15, 0.2) is 0 Å². The van der Waals surface area contributed by atoms with Gasteiger partial charge >= 0.3 is 0 Å². The molecule has 3 nitrogen and oxygen atoms in total. The lowest BCUT2D eigenvalue weighted by atomic mass is 9.84. The van der Waals surface area contributed by atoms with Crippen LogP contribution in [0.15, 0.2) is 140 Å². The molecule has 4 aromatic heterocycles. The van der Waals surface area contributed by atoms with E-state index in [0.717, 1.165) is 11.4 Å². The molecule has 256 valence electrons. The van der Waals surface area contributed by atoms with E-state index in [4.69, 9.17) is 0 Å². The second kappa shape index (κ2) is 10.3. The van der Waals surface area contributed by atoms with Gasteiger partial charge in [-0.1, -0.05) is 108 Å². The smallest absolute Gasteiger partial charge is 0.0641 e. The van der Waals surface area contributed by atoms with Crippen molar-refractivity contribution in [1.82, 2.24) is 8.80 Å². The number of hydrogen-bond donors (Lipinski definition) is 0. The van der Waals surface area contributed by atoms with Crippen molar-refractivity contribution < 1.29 is 0 Å². The van der Waals surface area contributed by atoms with Crippen LogP contribution >= 0.6 is 0 Å². The first kappa shape index (κ1) is 30.6. The lowest BCUT2D eigenvalue weighted by molar-refractivity contribution is 0.590. The maximum absolute atomic E-state index is 2.55. The molecule has 7 aromatic carbocycles. The SMILES string of the molecule is CC(C)(C)c1ccc2c(c1)c1cc(C(C)(C)C)cc3c4cc5c(cc4n2c13)c1ccc(N(c2ccccc2)c2ccccc2)c2c3ccccc3n5c12. The molecule has 0 amide bonds. The third-order valence-electron chi connectivity index (χ3n) is 11.8. The van der Waals surface area contributed by atoms with Crippen LogP contribution in [0.25, 0.3) is 76.2 Å². The fourth-order valence-electron chi connectivity index (χ4n) is 9.20. The van der Waals surface area contributed by atoms with E-state index in [1.165, 1.54) is 93.0 Å². The maximum Gasteiger partial charge on any atom is 0.0641 e. The number of anilines is 3. The zero-order valence-corrected chi connectivity index (χ0v) is 31.1. The predicted molar refractivity (Wildman–Crippen MR) is 228 cm³/mol. The molecule has 53 heavy (non-hydrogen) atoms. The van der Waals surface area contributed by atoms with Crippen molar-refractivity contribution in [3.63, 3.8) is 0 Å². The lowest BCUT2D eigenvalue weighted by Gasteiger charge is -2.26. The highest BCUT2D eigenvalue weighted by atomic mass is 15.1. The summed E-state index contributed by atoms with van der Waals surface area (Å²) in [5.74, 6) is 0. The largest absolute Gasteiger partial charge is 0.310 e. The molecule has 11 rings (SSSR count). The molecule has 0 radical (unpaired) electrons. The summed E-state index contributed by atoms with van der Waals surface area (Å²) in [5.41, 5.74) is 14.0. The Kier molecular flexibility index (Phi) is 5.93. The van der Waals surface area contributed by atoms with Gasteiger partial charge in [0.2, 0.25) is 0 Å².